The summed E-state index contributed by atoms with van der Waals surface area (Å²) in [5.41, 5.74) is 0.693. The molecule has 0 bridgehead atoms. The van der Waals surface area contributed by atoms with Gasteiger partial charge in [0.05, 0.1) is 12.5 Å². The molecule has 0 saturated carbocycles. The van der Waals surface area contributed by atoms with E-state index >= 15 is 0 Å². The molecule has 114 valence electrons. The van der Waals surface area contributed by atoms with E-state index < -0.39 is 11.9 Å². The molecular weight excluding hydrogens is 272 g/mol. The van der Waals surface area contributed by atoms with Crippen molar-refractivity contribution in [2.45, 2.75) is 13.8 Å². The Morgan fingerprint density at radius 2 is 2.00 bits per heavy atom. The fraction of sp³-hybridized carbons (Fsp3) is 0.467. The van der Waals surface area contributed by atoms with Gasteiger partial charge in [-0.2, -0.15) is 0 Å². The zero-order valence-electron chi connectivity index (χ0n) is 12.2. The van der Waals surface area contributed by atoms with Gasteiger partial charge < -0.3 is 20.1 Å². The Balaban J connectivity index is 1.82. The van der Waals surface area contributed by atoms with E-state index in [2.05, 4.69) is 5.32 Å². The third-order valence-corrected chi connectivity index (χ3v) is 3.71. The number of benzene rings is 1. The van der Waals surface area contributed by atoms with Crippen LogP contribution in [0.25, 0.3) is 0 Å². The first-order valence-electron chi connectivity index (χ1n) is 7.03. The lowest BCUT2D eigenvalue weighted by Gasteiger charge is -2.41. The van der Waals surface area contributed by atoms with E-state index in [0.29, 0.717) is 25.4 Å². The Morgan fingerprint density at radius 3 is 2.52 bits per heavy atom. The van der Waals surface area contributed by atoms with Crippen LogP contribution in [0, 0.1) is 11.8 Å². The highest BCUT2D eigenvalue weighted by atomic mass is 16.5. The molecule has 2 N–H and O–H groups in total. The van der Waals surface area contributed by atoms with Gasteiger partial charge in [-0.15, -0.1) is 0 Å². The molecule has 1 aliphatic heterocycles. The highest BCUT2D eigenvalue weighted by molar-refractivity contribution is 5.90. The maximum atomic E-state index is 12.0. The summed E-state index contributed by atoms with van der Waals surface area (Å²) in [6.45, 7) is 5.15. The van der Waals surface area contributed by atoms with Gasteiger partial charge in [0, 0.05) is 24.7 Å². The van der Waals surface area contributed by atoms with Gasteiger partial charge in [0.2, 0.25) is 0 Å². The van der Waals surface area contributed by atoms with E-state index in [9.17, 15) is 9.59 Å². The van der Waals surface area contributed by atoms with E-state index in [0.717, 1.165) is 5.75 Å². The minimum Gasteiger partial charge on any atom is -0.494 e. The second-order valence-corrected chi connectivity index (χ2v) is 5.18. The van der Waals surface area contributed by atoms with Crippen molar-refractivity contribution < 1.29 is 19.4 Å². The Hall–Kier alpha value is -2.24. The van der Waals surface area contributed by atoms with E-state index in [4.69, 9.17) is 9.84 Å². The van der Waals surface area contributed by atoms with Crippen LogP contribution in [0.3, 0.4) is 0 Å². The molecule has 0 aliphatic carbocycles. The molecular formula is C15H20N2O4. The van der Waals surface area contributed by atoms with Gasteiger partial charge in [0.15, 0.2) is 0 Å². The number of anilines is 1. The molecule has 6 nitrogen and oxygen atoms in total. The third-order valence-electron chi connectivity index (χ3n) is 3.71. The van der Waals surface area contributed by atoms with Gasteiger partial charge >= 0.3 is 12.0 Å². The van der Waals surface area contributed by atoms with Crippen LogP contribution in [-0.2, 0) is 4.79 Å². The molecule has 2 amide bonds. The van der Waals surface area contributed by atoms with Crippen LogP contribution in [0.1, 0.15) is 13.8 Å². The number of carbonyl (C=O) groups is 2. The van der Waals surface area contributed by atoms with Crippen molar-refractivity contribution in [2.75, 3.05) is 25.0 Å². The van der Waals surface area contributed by atoms with Gasteiger partial charge in [-0.25, -0.2) is 4.79 Å². The first-order chi connectivity index (χ1) is 10.0. The van der Waals surface area contributed by atoms with Crippen molar-refractivity contribution in [3.8, 4) is 5.75 Å². The van der Waals surface area contributed by atoms with Crippen LogP contribution in [0.15, 0.2) is 24.3 Å². The molecule has 1 aliphatic rings. The number of rotatable bonds is 5. The number of carbonyl (C=O) groups excluding carboxylic acids is 1. The van der Waals surface area contributed by atoms with Gasteiger partial charge in [-0.1, -0.05) is 6.92 Å². The molecule has 1 atom stereocenters. The van der Waals surface area contributed by atoms with E-state index in [1.807, 2.05) is 6.92 Å². The van der Waals surface area contributed by atoms with E-state index in [1.54, 1.807) is 36.1 Å². The van der Waals surface area contributed by atoms with Crippen LogP contribution in [0.5, 0.6) is 5.75 Å². The minimum absolute atomic E-state index is 0.0357. The van der Waals surface area contributed by atoms with Gasteiger partial charge in [-0.3, -0.25) is 4.79 Å². The summed E-state index contributed by atoms with van der Waals surface area (Å²) in [5.74, 6) is -0.436. The van der Waals surface area contributed by atoms with Gasteiger partial charge in [0.25, 0.3) is 0 Å². The number of hydrogen-bond donors (Lipinski definition) is 2. The average molecular weight is 292 g/mol. The second kappa shape index (κ2) is 6.47. The lowest BCUT2D eigenvalue weighted by atomic mass is 9.87. The molecule has 1 aromatic carbocycles. The maximum Gasteiger partial charge on any atom is 0.321 e. The summed E-state index contributed by atoms with van der Waals surface area (Å²) < 4.78 is 5.33. The van der Waals surface area contributed by atoms with Crippen LogP contribution < -0.4 is 10.1 Å². The number of ether oxygens (including phenoxy) is 1. The summed E-state index contributed by atoms with van der Waals surface area (Å²) in [4.78, 5) is 24.4. The van der Waals surface area contributed by atoms with Crippen LogP contribution >= 0.6 is 0 Å². The largest absolute Gasteiger partial charge is 0.494 e. The Labute approximate surface area is 123 Å². The number of hydrogen-bond acceptors (Lipinski definition) is 3. The van der Waals surface area contributed by atoms with E-state index in [-0.39, 0.29) is 11.9 Å². The monoisotopic (exact) mass is 292 g/mol. The first kappa shape index (κ1) is 15.2. The van der Waals surface area contributed by atoms with Crippen molar-refractivity contribution in [3.63, 3.8) is 0 Å². The normalized spacial score (nSPS) is 16.0. The number of carboxylic acids is 1. The number of likely N-dealkylation sites (tertiary alicyclic amines) is 1. The van der Waals surface area contributed by atoms with E-state index in [1.165, 1.54) is 0 Å². The topological polar surface area (TPSA) is 78.9 Å². The van der Waals surface area contributed by atoms with Crippen molar-refractivity contribution in [1.29, 1.82) is 0 Å². The van der Waals surface area contributed by atoms with Crippen LogP contribution in [0.2, 0.25) is 0 Å². The molecule has 1 heterocycles. The van der Waals surface area contributed by atoms with Crippen LogP contribution in [0.4, 0.5) is 10.5 Å². The predicted octanol–water partition coefficient (Wildman–Crippen LogP) is 2.27. The fourth-order valence-electron chi connectivity index (χ4n) is 2.20. The Bertz CT molecular complexity index is 509. The molecule has 1 unspecified atom stereocenters. The lowest BCUT2D eigenvalue weighted by Crippen LogP contribution is -2.54. The number of amides is 2. The molecule has 1 aromatic rings. The molecule has 6 heteroatoms. The summed E-state index contributed by atoms with van der Waals surface area (Å²) in [6, 6.07) is 6.95. The summed E-state index contributed by atoms with van der Waals surface area (Å²) in [7, 11) is 0. The fourth-order valence-corrected chi connectivity index (χ4v) is 2.20. The molecule has 21 heavy (non-hydrogen) atoms. The highest BCUT2D eigenvalue weighted by Crippen LogP contribution is 2.25. The zero-order valence-corrected chi connectivity index (χ0v) is 12.2. The molecule has 1 saturated heterocycles. The number of nitrogens with one attached hydrogen (secondary N) is 1. The SMILES string of the molecule is CCOc1ccc(NC(=O)N2CC(C(C)C(=O)O)C2)cc1. The van der Waals surface area contributed by atoms with Crippen molar-refractivity contribution in [2.24, 2.45) is 11.8 Å². The number of nitrogens with zero attached hydrogens (tertiary/aromatic N) is 1. The highest BCUT2D eigenvalue weighted by Gasteiger charge is 2.37. The quantitative estimate of drug-likeness (QED) is 0.872. The number of carboxylic acid groups (broad SMARTS) is 1. The molecule has 0 radical (unpaired) electrons. The third kappa shape index (κ3) is 3.65. The Morgan fingerprint density at radius 1 is 1.38 bits per heavy atom. The molecule has 0 aromatic heterocycles. The standard InChI is InChI=1S/C15H20N2O4/c1-3-21-13-6-4-12(5-7-13)16-15(20)17-8-11(9-17)10(2)14(18)19/h4-7,10-11H,3,8-9H2,1-2H3,(H,16,20)(H,18,19). The summed E-state index contributed by atoms with van der Waals surface area (Å²) >= 11 is 0. The molecule has 0 spiro atoms. The number of aliphatic carboxylic acids is 1. The van der Waals surface area contributed by atoms with Gasteiger partial charge in [-0.05, 0) is 31.2 Å². The Kier molecular flexibility index (Phi) is 4.67. The average Bonchev–Trinajstić information content (AvgIpc) is 2.39. The van der Waals surface area contributed by atoms with Crippen molar-refractivity contribution in [3.05, 3.63) is 24.3 Å². The molecule has 1 fully saturated rings. The molecule has 2 rings (SSSR count). The first-order valence-corrected chi connectivity index (χ1v) is 7.03. The lowest BCUT2D eigenvalue weighted by molar-refractivity contribution is -0.144. The summed E-state index contributed by atoms with van der Waals surface area (Å²) in [6.07, 6.45) is 0. The van der Waals surface area contributed by atoms with Gasteiger partial charge in [0.1, 0.15) is 5.75 Å². The maximum absolute atomic E-state index is 12.0. The van der Waals surface area contributed by atoms with Crippen molar-refractivity contribution >= 4 is 17.7 Å². The van der Waals surface area contributed by atoms with Crippen LogP contribution in [-0.4, -0.2) is 41.7 Å². The van der Waals surface area contributed by atoms with Crippen molar-refractivity contribution in [1.82, 2.24) is 4.90 Å². The number of urea groups is 1. The predicted molar refractivity (Wildman–Crippen MR) is 78.5 cm³/mol. The zero-order chi connectivity index (χ0) is 15.4. The smallest absolute Gasteiger partial charge is 0.321 e. The second-order valence-electron chi connectivity index (χ2n) is 5.18. The summed E-state index contributed by atoms with van der Waals surface area (Å²) in [5, 5.41) is 11.7. The minimum atomic E-state index is -0.813.